The number of anilines is 4. The summed E-state index contributed by atoms with van der Waals surface area (Å²) in [5, 5.41) is 11.2. The van der Waals surface area contributed by atoms with E-state index in [2.05, 4.69) is 47.1 Å². The lowest BCUT2D eigenvalue weighted by Crippen LogP contribution is -2.29. The number of aryl methyl sites for hydroxylation is 1. The van der Waals surface area contributed by atoms with Crippen LogP contribution in [-0.2, 0) is 11.8 Å². The molecule has 1 amide bonds. The average Bonchev–Trinajstić information content (AvgIpc) is 3.27. The molecule has 0 unspecified atom stereocenters. The Morgan fingerprint density at radius 1 is 1.11 bits per heavy atom. The van der Waals surface area contributed by atoms with Gasteiger partial charge in [0.25, 0.3) is 0 Å². The molecule has 0 saturated carbocycles. The fourth-order valence-corrected chi connectivity index (χ4v) is 3.69. The largest absolute Gasteiger partial charge is 0.494 e. The van der Waals surface area contributed by atoms with Gasteiger partial charge in [0.15, 0.2) is 11.5 Å². The smallest absolute Gasteiger partial charge is 0.247 e. The Morgan fingerprint density at radius 3 is 2.65 bits per heavy atom. The van der Waals surface area contributed by atoms with Crippen LogP contribution >= 0.6 is 0 Å². The predicted molar refractivity (Wildman–Crippen MR) is 144 cm³/mol. The third-order valence-electron chi connectivity index (χ3n) is 5.70. The van der Waals surface area contributed by atoms with Crippen LogP contribution in [0.5, 0.6) is 5.75 Å². The summed E-state index contributed by atoms with van der Waals surface area (Å²) in [6.45, 7) is 5.14. The molecule has 12 nitrogen and oxygen atoms in total. The van der Waals surface area contributed by atoms with Gasteiger partial charge in [-0.3, -0.25) is 9.48 Å². The molecule has 37 heavy (non-hydrogen) atoms. The maximum absolute atomic E-state index is 12.2. The molecule has 192 valence electrons. The highest BCUT2D eigenvalue weighted by molar-refractivity contribution is 6.02. The molecule has 3 aromatic heterocycles. The Balaban J connectivity index is 1.67. The molecule has 0 bridgehead atoms. The second kappa shape index (κ2) is 11.0. The van der Waals surface area contributed by atoms with Gasteiger partial charge in [-0.1, -0.05) is 6.58 Å². The van der Waals surface area contributed by atoms with Crippen LogP contribution in [0.2, 0.25) is 0 Å². The van der Waals surface area contributed by atoms with Crippen LogP contribution in [0, 0.1) is 0 Å². The van der Waals surface area contributed by atoms with Crippen molar-refractivity contribution < 1.29 is 9.53 Å². The normalized spacial score (nSPS) is 11.0. The van der Waals surface area contributed by atoms with E-state index < -0.39 is 0 Å². The molecule has 2 N–H and O–H groups in total. The first kappa shape index (κ1) is 25.5. The quantitative estimate of drug-likeness (QED) is 0.313. The lowest BCUT2D eigenvalue weighted by atomic mass is 10.2. The van der Waals surface area contributed by atoms with Crippen molar-refractivity contribution in [3.8, 4) is 17.1 Å². The molecule has 0 spiro atoms. The number of methoxy groups -OCH3 is 1. The van der Waals surface area contributed by atoms with Crippen LogP contribution in [0.4, 0.5) is 23.0 Å². The number of hydrogen-bond donors (Lipinski definition) is 2. The average molecular weight is 503 g/mol. The van der Waals surface area contributed by atoms with Crippen molar-refractivity contribution in [3.63, 3.8) is 0 Å². The van der Waals surface area contributed by atoms with Crippen LogP contribution in [0.1, 0.15) is 0 Å². The number of fused-ring (bicyclic) bond motifs is 1. The molecule has 12 heteroatoms. The number of amides is 1. The minimum Gasteiger partial charge on any atom is -0.494 e. The minimum absolute atomic E-state index is 0.310. The third-order valence-corrected chi connectivity index (χ3v) is 5.70. The van der Waals surface area contributed by atoms with E-state index in [9.17, 15) is 4.79 Å². The van der Waals surface area contributed by atoms with E-state index in [-0.39, 0.29) is 5.91 Å². The fraction of sp³-hybridized carbons (Fsp3) is 0.280. The van der Waals surface area contributed by atoms with Gasteiger partial charge < -0.3 is 25.2 Å². The Hall–Kier alpha value is -4.58. The number of pyridine rings is 1. The van der Waals surface area contributed by atoms with E-state index in [1.807, 2.05) is 45.2 Å². The molecule has 0 aliphatic carbocycles. The predicted octanol–water partition coefficient (Wildman–Crippen LogP) is 2.69. The first-order valence-corrected chi connectivity index (χ1v) is 11.5. The van der Waals surface area contributed by atoms with Crippen molar-refractivity contribution in [1.82, 2.24) is 34.6 Å². The molecule has 0 fully saturated rings. The van der Waals surface area contributed by atoms with Crippen molar-refractivity contribution in [3.05, 3.63) is 49.6 Å². The monoisotopic (exact) mass is 502 g/mol. The van der Waals surface area contributed by atoms with Gasteiger partial charge in [-0.05, 0) is 32.3 Å². The van der Waals surface area contributed by atoms with Gasteiger partial charge in [0, 0.05) is 50.4 Å². The Labute approximate surface area is 215 Å². The zero-order valence-corrected chi connectivity index (χ0v) is 21.6. The van der Waals surface area contributed by atoms with Gasteiger partial charge in [0.05, 0.1) is 30.4 Å². The van der Waals surface area contributed by atoms with Crippen LogP contribution in [0.15, 0.2) is 49.6 Å². The number of rotatable bonds is 10. The number of likely N-dealkylation sites (N-methyl/N-ethyl adjacent to an activating group) is 2. The molecular formula is C25H30N10O2. The lowest BCUT2D eigenvalue weighted by Gasteiger charge is -2.25. The molecular weight excluding hydrogens is 472 g/mol. The van der Waals surface area contributed by atoms with Gasteiger partial charge >= 0.3 is 0 Å². The highest BCUT2D eigenvalue weighted by Gasteiger charge is 2.17. The molecule has 0 atom stereocenters. The molecule has 3 heterocycles. The number of nitrogens with one attached hydrogen (secondary N) is 2. The first-order valence-electron chi connectivity index (χ1n) is 11.5. The van der Waals surface area contributed by atoms with Crippen molar-refractivity contribution in [2.24, 2.45) is 7.05 Å². The van der Waals surface area contributed by atoms with Crippen LogP contribution in [-0.4, -0.2) is 81.9 Å². The molecule has 0 radical (unpaired) electrons. The number of carbonyl (C=O) groups excluding carboxylic acids is 1. The molecule has 0 saturated heterocycles. The number of hydrogen-bond acceptors (Lipinski definition) is 10. The molecule has 0 aliphatic rings. The summed E-state index contributed by atoms with van der Waals surface area (Å²) in [6, 6.07) is 5.57. The topological polar surface area (TPSA) is 126 Å². The number of ether oxygens (including phenoxy) is 1. The standard InChI is InChI=1S/C25H30N10O2/c1-7-22(36)30-18-11-19(21(37-6)12-20(18)34(4)9-8-33(2)3)31-25-28-15-27-23(32-25)16-10-17-14-29-35(5)24(17)26-13-16/h7,10-15H,1,8-9H2,2-6H3,(H,30,36)(H,27,28,31,32). The van der Waals surface area contributed by atoms with Crippen molar-refractivity contribution in [1.29, 1.82) is 0 Å². The highest BCUT2D eigenvalue weighted by Crippen LogP contribution is 2.38. The molecule has 1 aromatic carbocycles. The third kappa shape index (κ3) is 5.81. The van der Waals surface area contributed by atoms with Crippen LogP contribution < -0.4 is 20.3 Å². The minimum atomic E-state index is -0.320. The summed E-state index contributed by atoms with van der Waals surface area (Å²) < 4.78 is 7.37. The fourth-order valence-electron chi connectivity index (χ4n) is 3.69. The summed E-state index contributed by atoms with van der Waals surface area (Å²) >= 11 is 0. The van der Waals surface area contributed by atoms with Crippen molar-refractivity contribution >= 4 is 40.0 Å². The summed E-state index contributed by atoms with van der Waals surface area (Å²) in [5.41, 5.74) is 3.46. The van der Waals surface area contributed by atoms with Crippen LogP contribution in [0.25, 0.3) is 22.4 Å². The molecule has 4 rings (SSSR count). The van der Waals surface area contributed by atoms with E-state index >= 15 is 0 Å². The summed E-state index contributed by atoms with van der Waals surface area (Å²) in [6.07, 6.45) is 6.10. The first-order chi connectivity index (χ1) is 17.8. The van der Waals surface area contributed by atoms with Gasteiger partial charge in [0.2, 0.25) is 11.9 Å². The van der Waals surface area contributed by atoms with Crippen molar-refractivity contribution in [2.75, 3.05) is 56.9 Å². The second-order valence-corrected chi connectivity index (χ2v) is 8.65. The zero-order chi connectivity index (χ0) is 26.5. The number of carbonyl (C=O) groups is 1. The maximum atomic E-state index is 12.2. The van der Waals surface area contributed by atoms with E-state index in [0.717, 1.165) is 35.4 Å². The van der Waals surface area contributed by atoms with Gasteiger partial charge in [-0.25, -0.2) is 15.0 Å². The Kier molecular flexibility index (Phi) is 7.58. The zero-order valence-electron chi connectivity index (χ0n) is 21.6. The second-order valence-electron chi connectivity index (χ2n) is 8.65. The number of nitrogens with zero attached hydrogens (tertiary/aromatic N) is 8. The number of benzene rings is 1. The van der Waals surface area contributed by atoms with E-state index in [1.165, 1.54) is 12.4 Å². The van der Waals surface area contributed by atoms with Gasteiger partial charge in [-0.15, -0.1) is 0 Å². The maximum Gasteiger partial charge on any atom is 0.247 e. The summed E-state index contributed by atoms with van der Waals surface area (Å²) in [4.78, 5) is 33.9. The highest BCUT2D eigenvalue weighted by atomic mass is 16.5. The van der Waals surface area contributed by atoms with Crippen LogP contribution in [0.3, 0.4) is 0 Å². The van der Waals surface area contributed by atoms with Gasteiger partial charge in [0.1, 0.15) is 12.1 Å². The molecule has 0 aliphatic heterocycles. The van der Waals surface area contributed by atoms with Gasteiger partial charge in [-0.2, -0.15) is 10.1 Å². The van der Waals surface area contributed by atoms with E-state index in [1.54, 1.807) is 30.3 Å². The van der Waals surface area contributed by atoms with Crippen molar-refractivity contribution in [2.45, 2.75) is 0 Å². The van der Waals surface area contributed by atoms with E-state index in [4.69, 9.17) is 4.74 Å². The summed E-state index contributed by atoms with van der Waals surface area (Å²) in [7, 11) is 9.40. The molecule has 4 aromatic rings. The Bertz CT molecular complexity index is 1430. The lowest BCUT2D eigenvalue weighted by molar-refractivity contribution is -0.111. The van der Waals surface area contributed by atoms with E-state index in [0.29, 0.717) is 28.9 Å². The Morgan fingerprint density at radius 2 is 1.92 bits per heavy atom. The summed E-state index contributed by atoms with van der Waals surface area (Å²) in [5.74, 6) is 1.00. The number of aromatic nitrogens is 6. The SMILES string of the molecule is C=CC(=O)Nc1cc(Nc2ncnc(-c3cnc4c(cnn4C)c3)n2)c(OC)cc1N(C)CCN(C)C.